The number of nitrogens with zero attached hydrogens (tertiary/aromatic N) is 2. The first-order valence-electron chi connectivity index (χ1n) is 7.77. The maximum atomic E-state index is 13.1. The molecule has 1 aromatic heterocycles. The lowest BCUT2D eigenvalue weighted by molar-refractivity contribution is -0.131. The third-order valence-corrected chi connectivity index (χ3v) is 4.55. The minimum absolute atomic E-state index is 0.0320. The van der Waals surface area contributed by atoms with E-state index >= 15 is 0 Å². The van der Waals surface area contributed by atoms with Crippen LogP contribution in [0.25, 0.3) is 0 Å². The summed E-state index contributed by atoms with van der Waals surface area (Å²) in [4.78, 5) is 14.4. The molecule has 1 amide bonds. The number of likely N-dealkylation sites (tertiary alicyclic amines) is 1. The predicted octanol–water partition coefficient (Wildman–Crippen LogP) is 3.94. The van der Waals surface area contributed by atoms with Gasteiger partial charge in [0.2, 0.25) is 5.91 Å². The molecule has 0 N–H and O–H groups in total. The van der Waals surface area contributed by atoms with Crippen LogP contribution in [0.3, 0.4) is 0 Å². The van der Waals surface area contributed by atoms with Gasteiger partial charge < -0.3 is 9.42 Å². The van der Waals surface area contributed by atoms with E-state index in [4.69, 9.17) is 16.1 Å². The summed E-state index contributed by atoms with van der Waals surface area (Å²) in [7, 11) is 0. The van der Waals surface area contributed by atoms with E-state index in [0.717, 1.165) is 30.7 Å². The van der Waals surface area contributed by atoms with Crippen molar-refractivity contribution in [3.05, 3.63) is 52.1 Å². The number of aryl methyl sites for hydroxylation is 1. The van der Waals surface area contributed by atoms with Gasteiger partial charge in [0, 0.05) is 17.6 Å². The van der Waals surface area contributed by atoms with Gasteiger partial charge in [0.25, 0.3) is 0 Å². The fraction of sp³-hybridized carbons (Fsp3) is 0.412. The molecular weight excluding hydrogens is 319 g/mol. The molecule has 0 radical (unpaired) electrons. The van der Waals surface area contributed by atoms with E-state index in [9.17, 15) is 9.18 Å². The van der Waals surface area contributed by atoms with Crippen LogP contribution in [0, 0.1) is 5.82 Å². The summed E-state index contributed by atoms with van der Waals surface area (Å²) in [6.45, 7) is 2.69. The largest absolute Gasteiger partial charge is 0.359 e. The van der Waals surface area contributed by atoms with Crippen molar-refractivity contribution >= 4 is 17.5 Å². The summed E-state index contributed by atoms with van der Waals surface area (Å²) in [6, 6.07) is 5.95. The van der Waals surface area contributed by atoms with Crippen LogP contribution in [-0.2, 0) is 17.6 Å². The number of rotatable bonds is 4. The molecule has 0 aliphatic carbocycles. The molecule has 122 valence electrons. The fourth-order valence-corrected chi connectivity index (χ4v) is 3.18. The first-order valence-corrected chi connectivity index (χ1v) is 8.15. The van der Waals surface area contributed by atoms with E-state index < -0.39 is 5.82 Å². The van der Waals surface area contributed by atoms with E-state index in [1.807, 2.05) is 13.0 Å². The average molecular weight is 337 g/mol. The van der Waals surface area contributed by atoms with Gasteiger partial charge in [0.05, 0.1) is 18.2 Å². The molecule has 1 aliphatic heterocycles. The Kier molecular flexibility index (Phi) is 4.66. The van der Waals surface area contributed by atoms with Gasteiger partial charge in [-0.3, -0.25) is 4.79 Å². The van der Waals surface area contributed by atoms with Crippen molar-refractivity contribution in [3.63, 3.8) is 0 Å². The average Bonchev–Trinajstić information content (AvgIpc) is 3.17. The molecule has 0 saturated carbocycles. The molecule has 1 aromatic carbocycles. The standard InChI is InChI=1S/C17H18ClFN2O2/c1-2-13-10-16(23-20-13)15-4-3-7-21(15)17(22)8-11-5-6-12(19)9-14(11)18/h5-6,9-10,15H,2-4,7-8H2,1H3/t15-/m1/s1. The van der Waals surface area contributed by atoms with Gasteiger partial charge in [-0.1, -0.05) is 29.7 Å². The van der Waals surface area contributed by atoms with Crippen molar-refractivity contribution in [1.82, 2.24) is 10.1 Å². The minimum atomic E-state index is -0.404. The molecule has 0 bridgehead atoms. The smallest absolute Gasteiger partial charge is 0.227 e. The van der Waals surface area contributed by atoms with Crippen LogP contribution in [0.1, 0.15) is 42.8 Å². The highest BCUT2D eigenvalue weighted by Crippen LogP contribution is 2.33. The molecule has 2 aromatic rings. The topological polar surface area (TPSA) is 46.3 Å². The van der Waals surface area contributed by atoms with Gasteiger partial charge in [-0.05, 0) is 37.0 Å². The molecule has 1 fully saturated rings. The van der Waals surface area contributed by atoms with Crippen LogP contribution in [0.15, 0.2) is 28.8 Å². The molecule has 23 heavy (non-hydrogen) atoms. The zero-order valence-electron chi connectivity index (χ0n) is 12.9. The van der Waals surface area contributed by atoms with Crippen LogP contribution in [-0.4, -0.2) is 22.5 Å². The van der Waals surface area contributed by atoms with Gasteiger partial charge in [0.1, 0.15) is 5.82 Å². The Morgan fingerprint density at radius 2 is 2.30 bits per heavy atom. The summed E-state index contributed by atoms with van der Waals surface area (Å²) in [5.41, 5.74) is 1.52. The minimum Gasteiger partial charge on any atom is -0.359 e. The van der Waals surface area contributed by atoms with E-state index in [0.29, 0.717) is 12.1 Å². The van der Waals surface area contributed by atoms with Crippen LogP contribution in [0.2, 0.25) is 5.02 Å². The number of aromatic nitrogens is 1. The highest BCUT2D eigenvalue weighted by molar-refractivity contribution is 6.31. The number of hydrogen-bond acceptors (Lipinski definition) is 3. The van der Waals surface area contributed by atoms with E-state index in [-0.39, 0.29) is 23.4 Å². The molecule has 4 nitrogen and oxygen atoms in total. The lowest BCUT2D eigenvalue weighted by atomic mass is 10.1. The zero-order valence-corrected chi connectivity index (χ0v) is 13.6. The summed E-state index contributed by atoms with van der Waals surface area (Å²) in [5.74, 6) is 0.298. The Hall–Kier alpha value is -1.88. The van der Waals surface area contributed by atoms with Gasteiger partial charge >= 0.3 is 0 Å². The highest BCUT2D eigenvalue weighted by atomic mass is 35.5. The molecule has 1 aliphatic rings. The SMILES string of the molecule is CCc1cc([C@H]2CCCN2C(=O)Cc2ccc(F)cc2Cl)on1. The van der Waals surface area contributed by atoms with Crippen molar-refractivity contribution in [3.8, 4) is 0 Å². The van der Waals surface area contributed by atoms with Crippen molar-refractivity contribution < 1.29 is 13.7 Å². The molecule has 3 rings (SSSR count). The second-order valence-electron chi connectivity index (χ2n) is 5.73. The fourth-order valence-electron chi connectivity index (χ4n) is 2.94. The number of halogens is 2. The van der Waals surface area contributed by atoms with Crippen molar-refractivity contribution in [2.45, 2.75) is 38.6 Å². The highest BCUT2D eigenvalue weighted by Gasteiger charge is 2.32. The number of hydrogen-bond donors (Lipinski definition) is 0. The molecular formula is C17H18ClFN2O2. The summed E-state index contributed by atoms with van der Waals surface area (Å²) >= 11 is 6.02. The van der Waals surface area contributed by atoms with Gasteiger partial charge in [-0.15, -0.1) is 0 Å². The molecule has 2 heterocycles. The first-order chi connectivity index (χ1) is 11.1. The van der Waals surface area contributed by atoms with E-state index in [1.165, 1.54) is 12.1 Å². The zero-order chi connectivity index (χ0) is 16.4. The molecule has 0 unspecified atom stereocenters. The predicted molar refractivity (Wildman–Crippen MR) is 84.7 cm³/mol. The first kappa shape index (κ1) is 16.0. The molecule has 1 saturated heterocycles. The second kappa shape index (κ2) is 6.71. The Morgan fingerprint density at radius 1 is 1.48 bits per heavy atom. The Morgan fingerprint density at radius 3 is 3.00 bits per heavy atom. The van der Waals surface area contributed by atoms with E-state index in [2.05, 4.69) is 5.16 Å². The maximum Gasteiger partial charge on any atom is 0.227 e. The van der Waals surface area contributed by atoms with Crippen molar-refractivity contribution in [2.24, 2.45) is 0 Å². The summed E-state index contributed by atoms with van der Waals surface area (Å²) < 4.78 is 18.5. The summed E-state index contributed by atoms with van der Waals surface area (Å²) in [5, 5.41) is 4.28. The lowest BCUT2D eigenvalue weighted by Gasteiger charge is -2.23. The van der Waals surface area contributed by atoms with Crippen LogP contribution in [0.5, 0.6) is 0 Å². The van der Waals surface area contributed by atoms with Crippen LogP contribution in [0.4, 0.5) is 4.39 Å². The van der Waals surface area contributed by atoms with Crippen molar-refractivity contribution in [1.29, 1.82) is 0 Å². The van der Waals surface area contributed by atoms with E-state index in [1.54, 1.807) is 11.0 Å². The Balaban J connectivity index is 1.75. The number of carbonyl (C=O) groups is 1. The third kappa shape index (κ3) is 3.39. The van der Waals surface area contributed by atoms with Gasteiger partial charge in [-0.2, -0.15) is 0 Å². The maximum absolute atomic E-state index is 13.1. The molecule has 1 atom stereocenters. The third-order valence-electron chi connectivity index (χ3n) is 4.20. The van der Waals surface area contributed by atoms with Gasteiger partial charge in [0.15, 0.2) is 5.76 Å². The van der Waals surface area contributed by atoms with Gasteiger partial charge in [-0.25, -0.2) is 4.39 Å². The number of benzene rings is 1. The Labute approximate surface area is 139 Å². The molecule has 0 spiro atoms. The normalized spacial score (nSPS) is 17.7. The Bertz CT molecular complexity index is 716. The van der Waals surface area contributed by atoms with Crippen molar-refractivity contribution in [2.75, 3.05) is 6.54 Å². The number of carbonyl (C=O) groups excluding carboxylic acids is 1. The monoisotopic (exact) mass is 336 g/mol. The number of amides is 1. The molecule has 6 heteroatoms. The van der Waals surface area contributed by atoms with Crippen LogP contribution >= 0.6 is 11.6 Å². The lowest BCUT2D eigenvalue weighted by Crippen LogP contribution is -2.31. The second-order valence-corrected chi connectivity index (χ2v) is 6.14. The van der Waals surface area contributed by atoms with Crippen LogP contribution < -0.4 is 0 Å². The summed E-state index contributed by atoms with van der Waals surface area (Å²) in [6.07, 6.45) is 2.75. The quantitative estimate of drug-likeness (QED) is 0.849.